The summed E-state index contributed by atoms with van der Waals surface area (Å²) < 4.78 is 3.02. The van der Waals surface area contributed by atoms with Crippen LogP contribution >= 0.6 is 0 Å². The van der Waals surface area contributed by atoms with Gasteiger partial charge < -0.3 is 5.32 Å². The molecule has 0 spiro atoms. The molecule has 0 saturated carbocycles. The Labute approximate surface area is 160 Å². The van der Waals surface area contributed by atoms with Crippen LogP contribution in [0.2, 0.25) is 0 Å². The lowest BCUT2D eigenvalue weighted by atomic mass is 10.1. The van der Waals surface area contributed by atoms with Crippen molar-refractivity contribution in [2.45, 2.75) is 13.8 Å². The number of rotatable bonds is 3. The van der Waals surface area contributed by atoms with E-state index in [4.69, 9.17) is 10.4 Å². The normalized spacial score (nSPS) is 11.1. The van der Waals surface area contributed by atoms with Crippen LogP contribution in [-0.2, 0) is 0 Å². The van der Waals surface area contributed by atoms with Crippen molar-refractivity contribution in [2.75, 3.05) is 6.54 Å². The molecule has 0 radical (unpaired) electrons. The number of aromatic nitrogens is 3. The van der Waals surface area contributed by atoms with E-state index in [0.717, 1.165) is 5.56 Å². The topological polar surface area (TPSA) is 92.2 Å². The van der Waals surface area contributed by atoms with E-state index in [1.54, 1.807) is 23.8 Å². The fraction of sp³-hybridized carbons (Fsp3) is 0.143. The van der Waals surface area contributed by atoms with Crippen molar-refractivity contribution >= 4 is 22.6 Å². The second kappa shape index (κ2) is 6.77. The standard InChI is InChI=1S/C21H19N5O2/c1-3-23-20(27)15-12-16-19(26(17(15)22)14-9-5-4-6-10-14)24-18-13(2)8-7-11-25(18)21(16)28/h4-12,22H,3H2,1-2H3,(H,23,27). The Kier molecular flexibility index (Phi) is 4.27. The molecule has 140 valence electrons. The molecular weight excluding hydrogens is 354 g/mol. The minimum Gasteiger partial charge on any atom is -0.352 e. The number of fused-ring (bicyclic) bond motifs is 2. The Morgan fingerprint density at radius 3 is 2.61 bits per heavy atom. The summed E-state index contributed by atoms with van der Waals surface area (Å²) in [5, 5.41) is 11.7. The van der Waals surface area contributed by atoms with E-state index in [0.29, 0.717) is 23.5 Å². The van der Waals surface area contributed by atoms with Crippen LogP contribution in [0.5, 0.6) is 0 Å². The second-order valence-corrected chi connectivity index (χ2v) is 6.48. The van der Waals surface area contributed by atoms with E-state index < -0.39 is 5.91 Å². The monoisotopic (exact) mass is 373 g/mol. The Morgan fingerprint density at radius 2 is 1.89 bits per heavy atom. The van der Waals surface area contributed by atoms with Crippen molar-refractivity contribution < 1.29 is 4.79 Å². The number of carbonyl (C=O) groups is 1. The number of para-hydroxylation sites is 1. The van der Waals surface area contributed by atoms with Gasteiger partial charge in [-0.2, -0.15) is 0 Å². The van der Waals surface area contributed by atoms with Gasteiger partial charge >= 0.3 is 0 Å². The maximum absolute atomic E-state index is 13.2. The fourth-order valence-corrected chi connectivity index (χ4v) is 3.29. The van der Waals surface area contributed by atoms with Crippen molar-refractivity contribution in [1.29, 1.82) is 5.41 Å². The molecule has 4 rings (SSSR count). The number of carbonyl (C=O) groups excluding carboxylic acids is 1. The zero-order valence-electron chi connectivity index (χ0n) is 15.6. The first kappa shape index (κ1) is 17.7. The van der Waals surface area contributed by atoms with Crippen LogP contribution in [0.3, 0.4) is 0 Å². The first-order valence-corrected chi connectivity index (χ1v) is 8.99. The summed E-state index contributed by atoms with van der Waals surface area (Å²) >= 11 is 0. The predicted molar refractivity (Wildman–Crippen MR) is 107 cm³/mol. The fourth-order valence-electron chi connectivity index (χ4n) is 3.29. The van der Waals surface area contributed by atoms with Crippen LogP contribution in [0.1, 0.15) is 22.8 Å². The largest absolute Gasteiger partial charge is 0.352 e. The summed E-state index contributed by atoms with van der Waals surface area (Å²) in [5.41, 5.74) is 2.21. The summed E-state index contributed by atoms with van der Waals surface area (Å²) in [6.45, 7) is 4.11. The minimum atomic E-state index is -0.396. The molecule has 0 unspecified atom stereocenters. The van der Waals surface area contributed by atoms with E-state index in [1.807, 2.05) is 43.3 Å². The van der Waals surface area contributed by atoms with Gasteiger partial charge in [-0.3, -0.25) is 24.0 Å². The van der Waals surface area contributed by atoms with E-state index in [2.05, 4.69) is 5.32 Å². The van der Waals surface area contributed by atoms with E-state index >= 15 is 0 Å². The summed E-state index contributed by atoms with van der Waals surface area (Å²) in [6, 6.07) is 14.3. The lowest BCUT2D eigenvalue weighted by molar-refractivity contribution is 0.0953. The molecule has 0 saturated heterocycles. The molecule has 3 aromatic heterocycles. The van der Waals surface area contributed by atoms with E-state index in [9.17, 15) is 9.59 Å². The molecule has 0 atom stereocenters. The van der Waals surface area contributed by atoms with Crippen LogP contribution in [-0.4, -0.2) is 26.4 Å². The van der Waals surface area contributed by atoms with E-state index in [-0.39, 0.29) is 22.0 Å². The van der Waals surface area contributed by atoms with Crippen LogP contribution in [0.15, 0.2) is 59.5 Å². The number of benzene rings is 1. The molecular formula is C21H19N5O2. The first-order valence-electron chi connectivity index (χ1n) is 8.99. The Morgan fingerprint density at radius 1 is 1.14 bits per heavy atom. The Hall–Kier alpha value is -3.74. The lowest BCUT2D eigenvalue weighted by Crippen LogP contribution is -2.34. The molecule has 4 aromatic rings. The van der Waals surface area contributed by atoms with Gasteiger partial charge in [-0.15, -0.1) is 0 Å². The third-order valence-corrected chi connectivity index (χ3v) is 4.64. The average Bonchev–Trinajstić information content (AvgIpc) is 2.69. The zero-order chi connectivity index (χ0) is 19.8. The minimum absolute atomic E-state index is 0.0190. The number of amides is 1. The van der Waals surface area contributed by atoms with Gasteiger partial charge in [0.25, 0.3) is 11.5 Å². The number of pyridine rings is 2. The van der Waals surface area contributed by atoms with Gasteiger partial charge in [-0.05, 0) is 43.7 Å². The maximum atomic E-state index is 13.2. The number of nitrogens with one attached hydrogen (secondary N) is 2. The molecule has 0 bridgehead atoms. The average molecular weight is 373 g/mol. The van der Waals surface area contributed by atoms with Gasteiger partial charge in [0.05, 0.1) is 10.9 Å². The highest BCUT2D eigenvalue weighted by Crippen LogP contribution is 2.16. The number of hydrogen-bond donors (Lipinski definition) is 2. The molecule has 0 aliphatic carbocycles. The third kappa shape index (κ3) is 2.68. The van der Waals surface area contributed by atoms with Gasteiger partial charge in [-0.1, -0.05) is 24.3 Å². The molecule has 0 aliphatic rings. The number of nitrogens with zero attached hydrogens (tertiary/aromatic N) is 3. The van der Waals surface area contributed by atoms with Gasteiger partial charge in [0.1, 0.15) is 11.1 Å². The van der Waals surface area contributed by atoms with Crippen molar-refractivity contribution in [3.8, 4) is 5.69 Å². The van der Waals surface area contributed by atoms with Crippen LogP contribution in [0.4, 0.5) is 0 Å². The summed E-state index contributed by atoms with van der Waals surface area (Å²) in [4.78, 5) is 30.4. The van der Waals surface area contributed by atoms with Crippen molar-refractivity contribution in [3.63, 3.8) is 0 Å². The van der Waals surface area contributed by atoms with Crippen molar-refractivity contribution in [1.82, 2.24) is 19.3 Å². The highest BCUT2D eigenvalue weighted by Gasteiger charge is 2.18. The van der Waals surface area contributed by atoms with Gasteiger partial charge in [0.2, 0.25) is 0 Å². The molecule has 1 aromatic carbocycles. The van der Waals surface area contributed by atoms with Crippen LogP contribution in [0.25, 0.3) is 22.4 Å². The molecule has 1 amide bonds. The number of hydrogen-bond acceptors (Lipinski definition) is 4. The quantitative estimate of drug-likeness (QED) is 0.539. The van der Waals surface area contributed by atoms with E-state index in [1.165, 1.54) is 10.5 Å². The Balaban J connectivity index is 2.23. The summed E-state index contributed by atoms with van der Waals surface area (Å²) in [6.07, 6.45) is 1.66. The number of aryl methyl sites for hydroxylation is 1. The zero-order valence-corrected chi connectivity index (χ0v) is 15.6. The molecule has 3 heterocycles. The van der Waals surface area contributed by atoms with Gasteiger partial charge in [0.15, 0.2) is 5.65 Å². The Bertz CT molecular complexity index is 1340. The molecule has 0 fully saturated rings. The van der Waals surface area contributed by atoms with Crippen molar-refractivity contribution in [2.24, 2.45) is 0 Å². The highest BCUT2D eigenvalue weighted by atomic mass is 16.1. The molecule has 7 nitrogen and oxygen atoms in total. The third-order valence-electron chi connectivity index (χ3n) is 4.64. The van der Waals surface area contributed by atoms with Gasteiger partial charge in [-0.25, -0.2) is 4.98 Å². The van der Waals surface area contributed by atoms with Crippen molar-refractivity contribution in [3.05, 3.63) is 81.7 Å². The molecule has 0 aliphatic heterocycles. The molecule has 7 heteroatoms. The predicted octanol–water partition coefficient (Wildman–Crippen LogP) is 2.18. The maximum Gasteiger partial charge on any atom is 0.267 e. The molecule has 2 N–H and O–H groups in total. The first-order chi connectivity index (χ1) is 13.5. The summed E-state index contributed by atoms with van der Waals surface area (Å²) in [7, 11) is 0. The highest BCUT2D eigenvalue weighted by molar-refractivity contribution is 5.97. The second-order valence-electron chi connectivity index (χ2n) is 6.48. The van der Waals surface area contributed by atoms with Crippen LogP contribution < -0.4 is 16.4 Å². The molecule has 28 heavy (non-hydrogen) atoms. The van der Waals surface area contributed by atoms with Gasteiger partial charge in [0, 0.05) is 18.4 Å². The lowest BCUT2D eigenvalue weighted by Gasteiger charge is -2.15. The summed E-state index contributed by atoms with van der Waals surface area (Å²) in [5.74, 6) is -0.396. The smallest absolute Gasteiger partial charge is 0.267 e. The van der Waals surface area contributed by atoms with Crippen LogP contribution in [0, 0.1) is 12.3 Å². The SMILES string of the molecule is CCNC(=O)c1cc2c(=O)n3cccc(C)c3nc2n(-c2ccccc2)c1=N.